The zero-order valence-corrected chi connectivity index (χ0v) is 17.1. The largest absolute Gasteiger partial charge is 1.00 e. The molecule has 2 aromatic rings. The summed E-state index contributed by atoms with van der Waals surface area (Å²) in [6, 6.07) is 17.5. The first-order valence-corrected chi connectivity index (χ1v) is 8.32. The topological polar surface area (TPSA) is 142 Å². The maximum atomic E-state index is 12.2. The predicted octanol–water partition coefficient (Wildman–Crippen LogP) is -5.11. The first kappa shape index (κ1) is 29.4. The van der Waals surface area contributed by atoms with Gasteiger partial charge < -0.3 is 10.2 Å². The second-order valence-electron chi connectivity index (χ2n) is 4.81. The van der Waals surface area contributed by atoms with Crippen molar-refractivity contribution in [3.8, 4) is 0 Å². The summed E-state index contributed by atoms with van der Waals surface area (Å²) in [6.07, 6.45) is 2.87. The van der Waals surface area contributed by atoms with Crippen molar-refractivity contribution in [3.63, 3.8) is 0 Å². The molecule has 30 heavy (non-hydrogen) atoms. The summed E-state index contributed by atoms with van der Waals surface area (Å²) in [7, 11) is -3.11. The van der Waals surface area contributed by atoms with Crippen molar-refractivity contribution in [2.75, 3.05) is 10.4 Å². The standard InChI is InChI=1S/C16H12N4O.CO2.2Li.O3S/c1-12-7-9-14(10-8-12)20-16(21)15(11-17-20)19-18-13-5-3-2-4-6-13;2-1-3;;;1-4(2)3/h3-10,18H,1H3;;;;/q-2;;2*+1;. The SMILES string of the molecule is Cc1ccc(N2N=[C-]C(=NNc3cc[c-]cc3)C2=O)cc1.O=C=O.O=S(=O)=O.[Li+].[Li+]. The van der Waals surface area contributed by atoms with Crippen molar-refractivity contribution in [3.05, 3.63) is 60.2 Å². The normalized spacial score (nSPS) is 12.1. The first-order chi connectivity index (χ1) is 13.4. The molecule has 0 aromatic heterocycles. The molecule has 0 aliphatic carbocycles. The van der Waals surface area contributed by atoms with E-state index in [0.717, 1.165) is 11.3 Å². The maximum Gasteiger partial charge on any atom is 1.00 e. The molecule has 13 heteroatoms. The van der Waals surface area contributed by atoms with Crippen molar-refractivity contribution in [1.82, 2.24) is 0 Å². The van der Waals surface area contributed by atoms with Gasteiger partial charge >= 0.3 is 54.5 Å². The number of hydrogen-bond donors (Lipinski definition) is 1. The molecule has 0 saturated heterocycles. The fraction of sp³-hybridized carbons (Fsp3) is 0.0588. The van der Waals surface area contributed by atoms with Crippen molar-refractivity contribution >= 4 is 46.0 Å². The number of rotatable bonds is 3. The summed E-state index contributed by atoms with van der Waals surface area (Å²) >= 11 is 0. The Morgan fingerprint density at radius 2 is 1.53 bits per heavy atom. The molecule has 1 N–H and O–H groups in total. The number of benzene rings is 2. The van der Waals surface area contributed by atoms with Crippen LogP contribution in [0.4, 0.5) is 11.4 Å². The third kappa shape index (κ3) is 10.7. The Morgan fingerprint density at radius 1 is 1.03 bits per heavy atom. The minimum atomic E-state index is -3.11. The Kier molecular flexibility index (Phi) is 15.8. The molecule has 144 valence electrons. The number of hydrogen-bond acceptors (Lipinski definition) is 9. The van der Waals surface area contributed by atoms with Crippen LogP contribution in [0.3, 0.4) is 0 Å². The van der Waals surface area contributed by atoms with Crippen LogP contribution in [0.2, 0.25) is 0 Å². The molecule has 1 aliphatic heterocycles. The van der Waals surface area contributed by atoms with Crippen LogP contribution in [0.1, 0.15) is 5.56 Å². The predicted molar refractivity (Wildman–Crippen MR) is 97.1 cm³/mol. The van der Waals surface area contributed by atoms with Crippen molar-refractivity contribution < 1.29 is 64.7 Å². The molecule has 0 saturated carbocycles. The minimum absolute atomic E-state index is 0. The van der Waals surface area contributed by atoms with E-state index >= 15 is 0 Å². The molecule has 0 unspecified atom stereocenters. The van der Waals surface area contributed by atoms with Gasteiger partial charge in [-0.2, -0.15) is 27.8 Å². The van der Waals surface area contributed by atoms with Gasteiger partial charge in [0.05, 0.1) is 0 Å². The van der Waals surface area contributed by atoms with Crippen LogP contribution >= 0.6 is 0 Å². The molecule has 1 aliphatic rings. The number of carbonyl (C=O) groups is 1. The molecule has 0 radical (unpaired) electrons. The molecule has 0 bridgehead atoms. The summed E-state index contributed by atoms with van der Waals surface area (Å²) in [5, 5.41) is 9.27. The quantitative estimate of drug-likeness (QED) is 0.301. The summed E-state index contributed by atoms with van der Waals surface area (Å²) in [6.45, 7) is 1.99. The number of anilines is 2. The molecular weight excluding hydrogens is 402 g/mol. The smallest absolute Gasteiger partial charge is 0.379 e. The molecule has 0 atom stereocenters. The van der Waals surface area contributed by atoms with Crippen LogP contribution in [-0.4, -0.2) is 36.6 Å². The van der Waals surface area contributed by atoms with Crippen molar-refractivity contribution in [1.29, 1.82) is 0 Å². The van der Waals surface area contributed by atoms with Crippen LogP contribution in [0.5, 0.6) is 0 Å². The molecule has 10 nitrogen and oxygen atoms in total. The fourth-order valence-electron chi connectivity index (χ4n) is 1.81. The number of aryl methyl sites for hydroxylation is 1. The molecule has 3 rings (SSSR count). The van der Waals surface area contributed by atoms with Crippen LogP contribution in [0.15, 0.2) is 58.7 Å². The van der Waals surface area contributed by atoms with E-state index in [1.807, 2.05) is 31.2 Å². The Bertz CT molecular complexity index is 1000. The number of hydrazone groups is 2. The van der Waals surface area contributed by atoms with Crippen LogP contribution in [0.25, 0.3) is 0 Å². The van der Waals surface area contributed by atoms with Gasteiger partial charge in [0, 0.05) is 5.69 Å². The number of carbonyl (C=O) groups excluding carboxylic acids is 3. The minimum Gasteiger partial charge on any atom is -0.379 e. The fourth-order valence-corrected chi connectivity index (χ4v) is 1.81. The molecule has 0 fully saturated rings. The summed E-state index contributed by atoms with van der Waals surface area (Å²) in [4.78, 5) is 28.5. The van der Waals surface area contributed by atoms with E-state index in [9.17, 15) is 4.79 Å². The van der Waals surface area contributed by atoms with Gasteiger partial charge in [0.25, 0.3) is 0 Å². The molecule has 0 spiro atoms. The van der Waals surface area contributed by atoms with Crippen molar-refractivity contribution in [2.24, 2.45) is 10.2 Å². The summed E-state index contributed by atoms with van der Waals surface area (Å²) in [5.41, 5.74) is 5.52. The van der Waals surface area contributed by atoms with E-state index in [2.05, 4.69) is 27.9 Å². The van der Waals surface area contributed by atoms with E-state index in [1.54, 1.807) is 24.3 Å². The Hall–Kier alpha value is -2.76. The van der Waals surface area contributed by atoms with E-state index in [4.69, 9.17) is 22.2 Å². The zero-order chi connectivity index (χ0) is 20.9. The Morgan fingerprint density at radius 3 is 2.03 bits per heavy atom. The van der Waals surface area contributed by atoms with Gasteiger partial charge in [-0.15, -0.1) is 24.8 Å². The number of nitrogens with zero attached hydrogens (tertiary/aromatic N) is 3. The maximum absolute atomic E-state index is 12.2. The van der Waals surface area contributed by atoms with Gasteiger partial charge in [-0.1, -0.05) is 29.6 Å². The first-order valence-electron chi connectivity index (χ1n) is 7.32. The van der Waals surface area contributed by atoms with E-state index in [0.29, 0.717) is 5.69 Å². The van der Waals surface area contributed by atoms with E-state index in [-0.39, 0.29) is 55.5 Å². The van der Waals surface area contributed by atoms with E-state index in [1.165, 1.54) is 5.01 Å². The number of nitrogens with one attached hydrogen (secondary N) is 1. The summed E-state index contributed by atoms with van der Waals surface area (Å²) < 4.78 is 25.3. The van der Waals surface area contributed by atoms with Gasteiger partial charge in [-0.25, -0.2) is 5.10 Å². The van der Waals surface area contributed by atoms with E-state index < -0.39 is 10.6 Å². The third-order valence-corrected chi connectivity index (χ3v) is 2.94. The van der Waals surface area contributed by atoms with Gasteiger partial charge in [0.1, 0.15) is 5.91 Å². The Balaban J connectivity index is 0. The number of amides is 1. The second kappa shape index (κ2) is 16.1. The van der Waals surface area contributed by atoms with Crippen molar-refractivity contribution in [2.45, 2.75) is 6.92 Å². The average molecular weight is 414 g/mol. The molecule has 1 heterocycles. The van der Waals surface area contributed by atoms with Gasteiger partial charge in [-0.3, -0.25) is 10.1 Å². The molecule has 1 amide bonds. The van der Waals surface area contributed by atoms with Gasteiger partial charge in [0.2, 0.25) is 0 Å². The van der Waals surface area contributed by atoms with Crippen LogP contribution < -0.4 is 48.2 Å². The second-order valence-corrected chi connectivity index (χ2v) is 5.22. The Labute approximate surface area is 197 Å². The molecule has 2 aromatic carbocycles. The van der Waals surface area contributed by atoms with Crippen LogP contribution in [-0.2, 0) is 25.0 Å². The van der Waals surface area contributed by atoms with Crippen LogP contribution in [0, 0.1) is 13.0 Å². The third-order valence-electron chi connectivity index (χ3n) is 2.94. The monoisotopic (exact) mass is 414 g/mol. The average Bonchev–Trinajstić information content (AvgIpc) is 3.02. The zero-order valence-electron chi connectivity index (χ0n) is 16.3. The molecular formula is C17H12Li2N4O6S. The van der Waals surface area contributed by atoms with Gasteiger partial charge in [0.15, 0.2) is 0 Å². The summed E-state index contributed by atoms with van der Waals surface area (Å²) in [5.74, 6) is -0.311. The van der Waals surface area contributed by atoms with Gasteiger partial charge in [-0.05, 0) is 24.8 Å².